The molecule has 1 aromatic heterocycles. The Balaban J connectivity index is 1.49. The molecule has 0 spiro atoms. The molecule has 5 rings (SSSR count). The number of hydrogen-bond acceptors (Lipinski definition) is 6. The van der Waals surface area contributed by atoms with Gasteiger partial charge in [0.05, 0.1) is 5.39 Å². The summed E-state index contributed by atoms with van der Waals surface area (Å²) in [7, 11) is -4.29. The molecule has 3 heterocycles. The normalized spacial score (nSPS) is 16.9. The molecule has 174 valence electrons. The van der Waals surface area contributed by atoms with E-state index < -0.39 is 27.3 Å². The fourth-order valence-electron chi connectivity index (χ4n) is 4.44. The second-order valence-corrected chi connectivity index (χ2v) is 11.0. The molecule has 0 saturated carbocycles. The van der Waals surface area contributed by atoms with Crippen LogP contribution >= 0.6 is 0 Å². The summed E-state index contributed by atoms with van der Waals surface area (Å²) in [6, 6.07) is 6.20. The fraction of sp³-hybridized carbons (Fsp3) is 0.375. The number of nitrogens with zero attached hydrogens (tertiary/aromatic N) is 1. The van der Waals surface area contributed by atoms with Crippen LogP contribution in [-0.4, -0.2) is 33.0 Å². The van der Waals surface area contributed by atoms with Crippen LogP contribution in [0, 0.1) is 19.7 Å². The highest BCUT2D eigenvalue weighted by Crippen LogP contribution is 2.42. The lowest BCUT2D eigenvalue weighted by molar-refractivity contribution is 0.0956. The summed E-state index contributed by atoms with van der Waals surface area (Å²) in [6.45, 7) is 8.91. The highest BCUT2D eigenvalue weighted by molar-refractivity contribution is 7.90. The molecule has 7 nitrogen and oxygen atoms in total. The molecule has 33 heavy (non-hydrogen) atoms. The minimum atomic E-state index is -4.29. The van der Waals surface area contributed by atoms with Crippen LogP contribution in [0.2, 0.25) is 0 Å². The first-order chi connectivity index (χ1) is 15.4. The van der Waals surface area contributed by atoms with Gasteiger partial charge < -0.3 is 14.1 Å². The molecule has 2 aromatic carbocycles. The SMILES string of the molecule is Cc1cc2c(c(S(=O)(=O)NC(=O)c3cc4c(F)cc(N5CCC5)cc4o3)c1C)OC(C)(C)C2. The van der Waals surface area contributed by atoms with Crippen LogP contribution in [-0.2, 0) is 16.4 Å². The Morgan fingerprint density at radius 2 is 1.88 bits per heavy atom. The van der Waals surface area contributed by atoms with E-state index in [2.05, 4.69) is 4.72 Å². The molecule has 0 aliphatic carbocycles. The van der Waals surface area contributed by atoms with Gasteiger partial charge in [0.2, 0.25) is 0 Å². The first-order valence-corrected chi connectivity index (χ1v) is 12.3. The molecule has 0 atom stereocenters. The van der Waals surface area contributed by atoms with Crippen LogP contribution < -0.4 is 14.4 Å². The summed E-state index contributed by atoms with van der Waals surface area (Å²) in [4.78, 5) is 14.8. The van der Waals surface area contributed by atoms with Crippen LogP contribution in [0.25, 0.3) is 11.0 Å². The maximum absolute atomic E-state index is 14.6. The Morgan fingerprint density at radius 1 is 1.15 bits per heavy atom. The van der Waals surface area contributed by atoms with E-state index in [0.717, 1.165) is 30.6 Å². The van der Waals surface area contributed by atoms with Crippen molar-refractivity contribution in [3.63, 3.8) is 0 Å². The number of amides is 1. The van der Waals surface area contributed by atoms with Crippen molar-refractivity contribution in [2.45, 2.75) is 51.0 Å². The van der Waals surface area contributed by atoms with Gasteiger partial charge in [0.15, 0.2) is 5.76 Å². The van der Waals surface area contributed by atoms with Crippen molar-refractivity contribution in [1.29, 1.82) is 0 Å². The Labute approximate surface area is 191 Å². The number of carbonyl (C=O) groups is 1. The monoisotopic (exact) mass is 472 g/mol. The van der Waals surface area contributed by atoms with Gasteiger partial charge in [-0.3, -0.25) is 4.79 Å². The molecule has 1 fully saturated rings. The predicted molar refractivity (Wildman–Crippen MR) is 122 cm³/mol. The smallest absolute Gasteiger partial charge is 0.300 e. The number of fused-ring (bicyclic) bond motifs is 2. The maximum atomic E-state index is 14.6. The third-order valence-corrected chi connectivity index (χ3v) is 7.81. The van der Waals surface area contributed by atoms with E-state index in [1.165, 1.54) is 12.1 Å². The van der Waals surface area contributed by atoms with Gasteiger partial charge in [-0.15, -0.1) is 0 Å². The van der Waals surface area contributed by atoms with Crippen molar-refractivity contribution < 1.29 is 26.8 Å². The van der Waals surface area contributed by atoms with Gasteiger partial charge in [-0.25, -0.2) is 17.5 Å². The average Bonchev–Trinajstić information content (AvgIpc) is 3.20. The molecule has 1 N–H and O–H groups in total. The summed E-state index contributed by atoms with van der Waals surface area (Å²) in [5.41, 5.74) is 2.37. The summed E-state index contributed by atoms with van der Waals surface area (Å²) in [5, 5.41) is 0.125. The summed E-state index contributed by atoms with van der Waals surface area (Å²) in [6.07, 6.45) is 1.59. The van der Waals surface area contributed by atoms with Gasteiger partial charge in [0.25, 0.3) is 10.0 Å². The summed E-state index contributed by atoms with van der Waals surface area (Å²) in [5.74, 6) is -1.51. The lowest BCUT2D eigenvalue weighted by atomic mass is 9.98. The number of rotatable bonds is 4. The Bertz CT molecular complexity index is 1420. The predicted octanol–water partition coefficient (Wildman–Crippen LogP) is 4.23. The van der Waals surface area contributed by atoms with Gasteiger partial charge in [-0.05, 0) is 56.9 Å². The lowest BCUT2D eigenvalue weighted by Gasteiger charge is -2.33. The first kappa shape index (κ1) is 21.8. The van der Waals surface area contributed by atoms with E-state index in [1.54, 1.807) is 13.0 Å². The fourth-order valence-corrected chi connectivity index (χ4v) is 5.87. The van der Waals surface area contributed by atoms with Crippen molar-refractivity contribution in [2.75, 3.05) is 18.0 Å². The average molecular weight is 473 g/mol. The number of sulfonamides is 1. The number of benzene rings is 2. The molecular weight excluding hydrogens is 447 g/mol. The minimum absolute atomic E-state index is 0.0567. The summed E-state index contributed by atoms with van der Waals surface area (Å²) < 4.78 is 54.8. The molecular formula is C24H25FN2O5S. The molecule has 2 aliphatic heterocycles. The highest BCUT2D eigenvalue weighted by Gasteiger charge is 2.37. The van der Waals surface area contributed by atoms with E-state index in [-0.39, 0.29) is 27.4 Å². The van der Waals surface area contributed by atoms with Crippen molar-refractivity contribution in [3.8, 4) is 5.75 Å². The van der Waals surface area contributed by atoms with Crippen LogP contribution in [0.15, 0.2) is 33.6 Å². The van der Waals surface area contributed by atoms with Gasteiger partial charge in [-0.2, -0.15) is 0 Å². The van der Waals surface area contributed by atoms with Gasteiger partial charge in [0.1, 0.15) is 27.6 Å². The zero-order chi connectivity index (χ0) is 23.7. The third-order valence-electron chi connectivity index (χ3n) is 6.33. The molecule has 0 radical (unpaired) electrons. The highest BCUT2D eigenvalue weighted by atomic mass is 32.2. The van der Waals surface area contributed by atoms with Crippen LogP contribution in [0.5, 0.6) is 5.75 Å². The topological polar surface area (TPSA) is 88.9 Å². The minimum Gasteiger partial charge on any atom is -0.486 e. The van der Waals surface area contributed by atoms with E-state index in [4.69, 9.17) is 9.15 Å². The number of anilines is 1. The van der Waals surface area contributed by atoms with E-state index in [0.29, 0.717) is 17.7 Å². The molecule has 9 heteroatoms. The van der Waals surface area contributed by atoms with E-state index in [9.17, 15) is 17.6 Å². The second-order valence-electron chi connectivity index (χ2n) is 9.40. The molecule has 0 bridgehead atoms. The standard InChI is InChI=1S/C24H25FN2O5S/c1-13-8-15-12-24(3,4)32-21(15)22(14(13)2)33(29,30)26-23(28)20-11-17-18(25)9-16(10-19(17)31-20)27-6-5-7-27/h8-11H,5-7,12H2,1-4H3,(H,26,28). The number of ether oxygens (including phenoxy) is 1. The van der Waals surface area contributed by atoms with Gasteiger partial charge >= 0.3 is 5.91 Å². The maximum Gasteiger partial charge on any atom is 0.300 e. The number of aryl methyl sites for hydroxylation is 1. The van der Waals surface area contributed by atoms with Crippen molar-refractivity contribution in [3.05, 3.63) is 52.5 Å². The van der Waals surface area contributed by atoms with Crippen molar-refractivity contribution >= 4 is 32.6 Å². The number of furan rings is 1. The number of hydrogen-bond donors (Lipinski definition) is 1. The number of halogens is 1. The Morgan fingerprint density at radius 3 is 2.55 bits per heavy atom. The van der Waals surface area contributed by atoms with Crippen LogP contribution in [0.4, 0.5) is 10.1 Å². The molecule has 1 amide bonds. The lowest BCUT2D eigenvalue weighted by Crippen LogP contribution is -2.36. The molecule has 2 aliphatic rings. The molecule has 0 unspecified atom stereocenters. The second kappa shape index (κ2) is 7.21. The Kier molecular flexibility index (Phi) is 4.76. The van der Waals surface area contributed by atoms with Gasteiger partial charge in [0, 0.05) is 37.3 Å². The molecule has 1 saturated heterocycles. The first-order valence-electron chi connectivity index (χ1n) is 10.8. The third kappa shape index (κ3) is 3.64. The Hall–Kier alpha value is -3.07. The number of carbonyl (C=O) groups excluding carboxylic acids is 1. The zero-order valence-electron chi connectivity index (χ0n) is 18.9. The number of nitrogens with one attached hydrogen (secondary N) is 1. The van der Waals surface area contributed by atoms with Crippen molar-refractivity contribution in [1.82, 2.24) is 4.72 Å². The quantitative estimate of drug-likeness (QED) is 0.611. The zero-order valence-corrected chi connectivity index (χ0v) is 19.7. The van der Waals surface area contributed by atoms with Crippen molar-refractivity contribution in [2.24, 2.45) is 0 Å². The molecule has 3 aromatic rings. The van der Waals surface area contributed by atoms with Crippen LogP contribution in [0.3, 0.4) is 0 Å². The van der Waals surface area contributed by atoms with Gasteiger partial charge in [-0.1, -0.05) is 6.07 Å². The van der Waals surface area contributed by atoms with E-state index in [1.807, 2.05) is 31.7 Å². The summed E-state index contributed by atoms with van der Waals surface area (Å²) >= 11 is 0. The van der Waals surface area contributed by atoms with Crippen LogP contribution in [0.1, 0.15) is 47.5 Å². The van der Waals surface area contributed by atoms with E-state index >= 15 is 0 Å². The largest absolute Gasteiger partial charge is 0.486 e.